The molecule has 8 nitrogen and oxygen atoms in total. The summed E-state index contributed by atoms with van der Waals surface area (Å²) in [5.74, 6) is -0.221. The van der Waals surface area contributed by atoms with Crippen LogP contribution in [0, 0.1) is 17.0 Å². The fourth-order valence-corrected chi connectivity index (χ4v) is 2.17. The van der Waals surface area contributed by atoms with Crippen LogP contribution < -0.4 is 10.6 Å². The lowest BCUT2D eigenvalue weighted by molar-refractivity contribution is -0.385. The van der Waals surface area contributed by atoms with E-state index in [1.807, 2.05) is 0 Å². The number of amides is 1. The Morgan fingerprint density at radius 3 is 2.80 bits per heavy atom. The van der Waals surface area contributed by atoms with Gasteiger partial charge in [0, 0.05) is 18.5 Å². The highest BCUT2D eigenvalue weighted by Crippen LogP contribution is 2.22. The van der Waals surface area contributed by atoms with Gasteiger partial charge in [-0.15, -0.1) is 11.3 Å². The van der Waals surface area contributed by atoms with Crippen LogP contribution in [0.25, 0.3) is 0 Å². The van der Waals surface area contributed by atoms with Crippen molar-refractivity contribution < 1.29 is 9.72 Å². The molecular formula is C11H11N5O3S. The summed E-state index contributed by atoms with van der Waals surface area (Å²) in [5, 5.41) is 18.4. The first kappa shape index (κ1) is 13.9. The molecule has 0 bridgehead atoms. The number of aryl methyl sites for hydroxylation is 1. The largest absolute Gasteiger partial charge is 0.373 e. The smallest absolute Gasteiger partial charge is 0.300 e. The van der Waals surface area contributed by atoms with Gasteiger partial charge in [0.05, 0.1) is 10.6 Å². The Morgan fingerprint density at radius 2 is 2.25 bits per heavy atom. The van der Waals surface area contributed by atoms with Crippen molar-refractivity contribution in [3.05, 3.63) is 39.0 Å². The zero-order chi connectivity index (χ0) is 14.7. The molecule has 0 radical (unpaired) electrons. The van der Waals surface area contributed by atoms with E-state index < -0.39 is 10.8 Å². The van der Waals surface area contributed by atoms with E-state index in [4.69, 9.17) is 0 Å². The first-order valence-corrected chi connectivity index (χ1v) is 6.45. The van der Waals surface area contributed by atoms with Gasteiger partial charge in [-0.2, -0.15) is 0 Å². The van der Waals surface area contributed by atoms with Crippen LogP contribution in [0.3, 0.4) is 0 Å². The van der Waals surface area contributed by atoms with Crippen LogP contribution in [0.5, 0.6) is 0 Å². The van der Waals surface area contributed by atoms with Crippen molar-refractivity contribution in [3.8, 4) is 0 Å². The molecule has 0 atom stereocenters. The van der Waals surface area contributed by atoms with E-state index in [-0.39, 0.29) is 11.3 Å². The fourth-order valence-electron chi connectivity index (χ4n) is 1.49. The molecule has 0 fully saturated rings. The molecule has 104 valence electrons. The first-order chi connectivity index (χ1) is 9.51. The predicted molar refractivity (Wildman–Crippen MR) is 75.2 cm³/mol. The molecule has 1 amide bonds. The Morgan fingerprint density at radius 1 is 1.50 bits per heavy atom. The molecule has 0 saturated heterocycles. The Balaban J connectivity index is 2.34. The Kier molecular flexibility index (Phi) is 3.89. The van der Waals surface area contributed by atoms with Crippen molar-refractivity contribution >= 4 is 33.9 Å². The third-order valence-electron chi connectivity index (χ3n) is 2.42. The van der Waals surface area contributed by atoms with Gasteiger partial charge < -0.3 is 5.32 Å². The Hall–Kier alpha value is -2.55. The molecule has 0 saturated carbocycles. The molecule has 2 heterocycles. The van der Waals surface area contributed by atoms with Crippen LogP contribution in [0.1, 0.15) is 16.1 Å². The van der Waals surface area contributed by atoms with Crippen molar-refractivity contribution in [2.75, 3.05) is 17.7 Å². The number of nitro groups is 1. The summed E-state index contributed by atoms with van der Waals surface area (Å²) in [6.07, 6.45) is 1.05. The van der Waals surface area contributed by atoms with Crippen molar-refractivity contribution in [2.24, 2.45) is 0 Å². The van der Waals surface area contributed by atoms with Gasteiger partial charge in [-0.05, 0) is 6.92 Å². The highest BCUT2D eigenvalue weighted by atomic mass is 32.1. The number of carbonyl (C=O) groups excluding carboxylic acids is 1. The summed E-state index contributed by atoms with van der Waals surface area (Å²) in [7, 11) is 1.61. The van der Waals surface area contributed by atoms with Gasteiger partial charge in [-0.1, -0.05) is 0 Å². The number of anilines is 2. The molecule has 2 N–H and O–H groups in total. The second kappa shape index (κ2) is 5.61. The lowest BCUT2D eigenvalue weighted by atomic mass is 10.2. The zero-order valence-corrected chi connectivity index (χ0v) is 11.5. The number of pyridine rings is 1. The van der Waals surface area contributed by atoms with E-state index in [2.05, 4.69) is 20.6 Å². The minimum atomic E-state index is -0.644. The molecule has 0 aliphatic carbocycles. The van der Waals surface area contributed by atoms with Gasteiger partial charge in [0.2, 0.25) is 0 Å². The molecule has 0 spiro atoms. The number of hydrogen-bond donors (Lipinski definition) is 2. The predicted octanol–water partition coefficient (Wildman–Crippen LogP) is 2.05. The molecule has 0 aromatic carbocycles. The minimum Gasteiger partial charge on any atom is -0.373 e. The van der Waals surface area contributed by atoms with Crippen LogP contribution in [-0.2, 0) is 0 Å². The maximum absolute atomic E-state index is 12.1. The third-order valence-corrected chi connectivity index (χ3v) is 3.30. The normalized spacial score (nSPS) is 10.1. The topological polar surface area (TPSA) is 110 Å². The molecule has 2 aromatic rings. The van der Waals surface area contributed by atoms with E-state index in [9.17, 15) is 14.9 Å². The maximum atomic E-state index is 12.1. The molecule has 2 aromatic heterocycles. The zero-order valence-electron chi connectivity index (χ0n) is 10.7. The van der Waals surface area contributed by atoms with Crippen LogP contribution in [0.15, 0.2) is 17.6 Å². The summed E-state index contributed by atoms with van der Waals surface area (Å²) >= 11 is 1.25. The number of hydrogen-bond acceptors (Lipinski definition) is 7. The molecule has 20 heavy (non-hydrogen) atoms. The molecule has 0 unspecified atom stereocenters. The quantitative estimate of drug-likeness (QED) is 0.659. The molecule has 9 heteroatoms. The molecule has 2 rings (SSSR count). The molecule has 0 aliphatic heterocycles. The van der Waals surface area contributed by atoms with Crippen LogP contribution in [-0.4, -0.2) is 27.8 Å². The average molecular weight is 293 g/mol. The number of carbonyl (C=O) groups is 1. The first-order valence-electron chi connectivity index (χ1n) is 5.57. The average Bonchev–Trinajstić information content (AvgIpc) is 2.83. The van der Waals surface area contributed by atoms with E-state index >= 15 is 0 Å². The Labute approximate surface area is 118 Å². The van der Waals surface area contributed by atoms with Gasteiger partial charge in [0.25, 0.3) is 11.6 Å². The number of aromatic nitrogens is 2. The van der Waals surface area contributed by atoms with Crippen molar-refractivity contribution in [3.63, 3.8) is 0 Å². The van der Waals surface area contributed by atoms with Crippen molar-refractivity contribution in [1.29, 1.82) is 0 Å². The van der Waals surface area contributed by atoms with E-state index in [1.54, 1.807) is 19.4 Å². The number of nitrogens with one attached hydrogen (secondary N) is 2. The summed E-state index contributed by atoms with van der Waals surface area (Å²) in [6, 6.07) is 1.33. The minimum absolute atomic E-state index is 0.0674. The Bertz CT molecular complexity index is 670. The van der Waals surface area contributed by atoms with Crippen LogP contribution in [0.2, 0.25) is 0 Å². The summed E-state index contributed by atoms with van der Waals surface area (Å²) in [6.45, 7) is 1.79. The summed E-state index contributed by atoms with van der Waals surface area (Å²) in [4.78, 5) is 30.3. The van der Waals surface area contributed by atoms with E-state index in [0.717, 1.165) is 11.9 Å². The van der Waals surface area contributed by atoms with Gasteiger partial charge >= 0.3 is 0 Å². The van der Waals surface area contributed by atoms with Crippen molar-refractivity contribution in [1.82, 2.24) is 9.97 Å². The number of thiazole rings is 1. The van der Waals surface area contributed by atoms with Crippen LogP contribution in [0.4, 0.5) is 16.6 Å². The van der Waals surface area contributed by atoms with E-state index in [0.29, 0.717) is 10.9 Å². The van der Waals surface area contributed by atoms with Gasteiger partial charge in [-0.3, -0.25) is 20.2 Å². The second-order valence-corrected chi connectivity index (χ2v) is 4.70. The van der Waals surface area contributed by atoms with Gasteiger partial charge in [-0.25, -0.2) is 9.97 Å². The van der Waals surface area contributed by atoms with Crippen LogP contribution >= 0.6 is 11.3 Å². The fraction of sp³-hybridized carbons (Fsp3) is 0.182. The lowest BCUT2D eigenvalue weighted by Gasteiger charge is -2.05. The van der Waals surface area contributed by atoms with Crippen molar-refractivity contribution in [2.45, 2.75) is 6.92 Å². The molecule has 0 aliphatic rings. The maximum Gasteiger partial charge on any atom is 0.300 e. The SMILES string of the molecule is CNc1cc(C(=O)Nc2nc(C)cs2)c([N+](=O)[O-])cn1. The van der Waals surface area contributed by atoms with E-state index in [1.165, 1.54) is 17.4 Å². The standard InChI is InChI=1S/C11H11N5O3S/c1-6-5-20-11(14-6)15-10(17)7-3-9(12-2)13-4-8(7)16(18)19/h3-5H,1-2H3,(H,12,13)(H,14,15,17). The molecular weight excluding hydrogens is 282 g/mol. The summed E-state index contributed by atoms with van der Waals surface area (Å²) < 4.78 is 0. The third kappa shape index (κ3) is 2.88. The van der Waals surface area contributed by atoms with Gasteiger partial charge in [0.15, 0.2) is 5.13 Å². The summed E-state index contributed by atoms with van der Waals surface area (Å²) in [5.41, 5.74) is 0.349. The monoisotopic (exact) mass is 293 g/mol. The highest BCUT2D eigenvalue weighted by Gasteiger charge is 2.22. The van der Waals surface area contributed by atoms with Gasteiger partial charge in [0.1, 0.15) is 17.6 Å². The highest BCUT2D eigenvalue weighted by molar-refractivity contribution is 7.13. The number of nitrogens with zero attached hydrogens (tertiary/aromatic N) is 3. The number of rotatable bonds is 4. The lowest BCUT2D eigenvalue weighted by Crippen LogP contribution is -2.14. The second-order valence-electron chi connectivity index (χ2n) is 3.84.